The van der Waals surface area contributed by atoms with Gasteiger partial charge in [-0.05, 0) is 62.4 Å². The van der Waals surface area contributed by atoms with E-state index in [1.54, 1.807) is 24.3 Å². The first-order chi connectivity index (χ1) is 12.8. The quantitative estimate of drug-likeness (QED) is 0.572. The van der Waals surface area contributed by atoms with Gasteiger partial charge in [-0.15, -0.1) is 0 Å². The first-order valence-electron chi connectivity index (χ1n) is 8.49. The maximum atomic E-state index is 12.8. The van der Waals surface area contributed by atoms with Crippen LogP contribution in [-0.2, 0) is 14.8 Å². The molecule has 0 saturated carbocycles. The monoisotopic (exact) mass is 409 g/mol. The van der Waals surface area contributed by atoms with Crippen LogP contribution in [-0.4, -0.2) is 44.0 Å². The summed E-state index contributed by atoms with van der Waals surface area (Å²) in [6.07, 6.45) is -0.339. The molecule has 0 bridgehead atoms. The van der Waals surface area contributed by atoms with Crippen LogP contribution in [0, 0.1) is 0 Å². The fourth-order valence-corrected chi connectivity index (χ4v) is 4.62. The van der Waals surface area contributed by atoms with Crippen LogP contribution < -0.4 is 4.74 Å². The molecule has 0 spiro atoms. The Morgan fingerprint density at radius 2 is 1.59 bits per heavy atom. The highest BCUT2D eigenvalue weighted by atomic mass is 35.5. The van der Waals surface area contributed by atoms with Crippen molar-refractivity contribution in [1.29, 1.82) is 0 Å². The van der Waals surface area contributed by atoms with Gasteiger partial charge in [-0.25, -0.2) is 13.2 Å². The van der Waals surface area contributed by atoms with E-state index >= 15 is 0 Å². The highest BCUT2D eigenvalue weighted by Crippen LogP contribution is 2.22. The van der Waals surface area contributed by atoms with Crippen molar-refractivity contribution in [3.8, 4) is 5.75 Å². The Hall–Kier alpha value is -1.93. The number of ether oxygens (including phenoxy) is 2. The first kappa shape index (κ1) is 19.8. The van der Waals surface area contributed by atoms with Crippen LogP contribution in [0.1, 0.15) is 24.2 Å². The van der Waals surface area contributed by atoms with Crippen molar-refractivity contribution < 1.29 is 22.7 Å². The zero-order valence-electron chi connectivity index (χ0n) is 15.0. The molecule has 0 unspecified atom stereocenters. The molecule has 0 aliphatic carbocycles. The number of halogens is 1. The molecule has 0 aromatic heterocycles. The van der Waals surface area contributed by atoms with Crippen LogP contribution in [0.4, 0.5) is 0 Å². The second-order valence-corrected chi connectivity index (χ2v) is 8.82. The summed E-state index contributed by atoms with van der Waals surface area (Å²) in [5, 5.41) is 0.538. The van der Waals surface area contributed by atoms with E-state index in [0.717, 1.165) is 0 Å². The molecule has 144 valence electrons. The van der Waals surface area contributed by atoms with Crippen molar-refractivity contribution in [2.75, 3.05) is 13.1 Å². The highest BCUT2D eigenvalue weighted by molar-refractivity contribution is 7.89. The lowest BCUT2D eigenvalue weighted by Gasteiger charge is -2.34. The number of nitrogens with zero attached hydrogens (tertiary/aromatic N) is 1. The fourth-order valence-electron chi connectivity index (χ4n) is 2.91. The van der Waals surface area contributed by atoms with Crippen LogP contribution in [0.3, 0.4) is 0 Å². The summed E-state index contributed by atoms with van der Waals surface area (Å²) in [5.74, 6) is -0.215. The van der Waals surface area contributed by atoms with Crippen LogP contribution in [0.15, 0.2) is 53.4 Å². The van der Waals surface area contributed by atoms with E-state index in [4.69, 9.17) is 21.1 Å². The molecule has 27 heavy (non-hydrogen) atoms. The molecule has 1 aliphatic rings. The van der Waals surface area contributed by atoms with E-state index in [9.17, 15) is 13.2 Å². The number of benzene rings is 2. The maximum absolute atomic E-state index is 12.8. The molecule has 3 rings (SSSR count). The molecule has 6 nitrogen and oxygen atoms in total. The Morgan fingerprint density at radius 1 is 1.04 bits per heavy atom. The van der Waals surface area contributed by atoms with Crippen molar-refractivity contribution in [3.05, 3.63) is 59.1 Å². The summed E-state index contributed by atoms with van der Waals surface area (Å²) >= 11 is 5.80. The average Bonchev–Trinajstić information content (AvgIpc) is 2.63. The topological polar surface area (TPSA) is 72.9 Å². The molecule has 1 saturated heterocycles. The molecular weight excluding hydrogens is 390 g/mol. The van der Waals surface area contributed by atoms with Gasteiger partial charge in [0.2, 0.25) is 10.0 Å². The number of hydrogen-bond acceptors (Lipinski definition) is 5. The van der Waals surface area contributed by atoms with E-state index in [2.05, 4.69) is 0 Å². The van der Waals surface area contributed by atoms with E-state index in [1.807, 2.05) is 13.8 Å². The zero-order valence-corrected chi connectivity index (χ0v) is 16.5. The van der Waals surface area contributed by atoms with Gasteiger partial charge in [0.15, 0.2) is 0 Å². The van der Waals surface area contributed by atoms with Gasteiger partial charge in [-0.2, -0.15) is 4.31 Å². The number of rotatable bonds is 4. The van der Waals surface area contributed by atoms with Crippen molar-refractivity contribution in [2.24, 2.45) is 0 Å². The molecule has 2 aromatic rings. The minimum atomic E-state index is -3.65. The summed E-state index contributed by atoms with van der Waals surface area (Å²) in [7, 11) is -3.65. The summed E-state index contributed by atoms with van der Waals surface area (Å²) in [4.78, 5) is 12.3. The van der Waals surface area contributed by atoms with Crippen molar-refractivity contribution >= 4 is 27.6 Å². The second kappa shape index (κ2) is 7.98. The normalized spacial score (nSPS) is 21.0. The fraction of sp³-hybridized carbons (Fsp3) is 0.316. The molecule has 2 aromatic carbocycles. The second-order valence-electron chi connectivity index (χ2n) is 6.45. The minimum Gasteiger partial charge on any atom is -0.423 e. The van der Waals surface area contributed by atoms with Gasteiger partial charge in [0.05, 0.1) is 22.7 Å². The molecule has 8 heteroatoms. The Balaban J connectivity index is 1.74. The first-order valence-corrected chi connectivity index (χ1v) is 10.3. The molecule has 2 atom stereocenters. The third-order valence-corrected chi connectivity index (χ3v) is 6.24. The predicted octanol–water partition coefficient (Wildman–Crippen LogP) is 3.36. The smallest absolute Gasteiger partial charge is 0.343 e. The van der Waals surface area contributed by atoms with Crippen LogP contribution in [0.2, 0.25) is 5.02 Å². The van der Waals surface area contributed by atoms with Gasteiger partial charge in [-0.1, -0.05) is 11.6 Å². The number of hydrogen-bond donors (Lipinski definition) is 0. The van der Waals surface area contributed by atoms with Crippen LogP contribution in [0.25, 0.3) is 0 Å². The van der Waals surface area contributed by atoms with Gasteiger partial charge >= 0.3 is 5.97 Å². The molecule has 1 aliphatic heterocycles. The molecule has 1 heterocycles. The Bertz CT molecular complexity index is 902. The highest BCUT2D eigenvalue weighted by Gasteiger charge is 2.32. The van der Waals surface area contributed by atoms with Crippen LogP contribution >= 0.6 is 11.6 Å². The zero-order chi connectivity index (χ0) is 19.6. The largest absolute Gasteiger partial charge is 0.423 e. The van der Waals surface area contributed by atoms with E-state index in [1.165, 1.54) is 28.6 Å². The van der Waals surface area contributed by atoms with E-state index in [-0.39, 0.29) is 22.7 Å². The summed E-state index contributed by atoms with van der Waals surface area (Å²) < 4.78 is 37.9. The lowest BCUT2D eigenvalue weighted by Crippen LogP contribution is -2.48. The van der Waals surface area contributed by atoms with Gasteiger partial charge < -0.3 is 9.47 Å². The van der Waals surface area contributed by atoms with Crippen LogP contribution in [0.5, 0.6) is 5.75 Å². The Morgan fingerprint density at radius 3 is 2.15 bits per heavy atom. The predicted molar refractivity (Wildman–Crippen MR) is 102 cm³/mol. The van der Waals surface area contributed by atoms with Crippen molar-refractivity contribution in [3.63, 3.8) is 0 Å². The molecular formula is C19H20ClNO5S. The third-order valence-electron chi connectivity index (χ3n) is 4.14. The minimum absolute atomic E-state index is 0.131. The van der Waals surface area contributed by atoms with Crippen molar-refractivity contribution in [2.45, 2.75) is 31.0 Å². The maximum Gasteiger partial charge on any atom is 0.343 e. The number of carbonyl (C=O) groups is 1. The lowest BCUT2D eigenvalue weighted by atomic mass is 10.2. The van der Waals surface area contributed by atoms with Gasteiger partial charge in [-0.3, -0.25) is 0 Å². The number of morpholine rings is 1. The SMILES string of the molecule is C[C@@H]1CN(S(=O)(=O)c2ccc(C(=O)Oc3ccc(Cl)cc3)cc2)C[C@H](C)O1. The number of esters is 1. The third kappa shape index (κ3) is 4.68. The van der Waals surface area contributed by atoms with E-state index < -0.39 is 16.0 Å². The van der Waals surface area contributed by atoms with Crippen molar-refractivity contribution in [1.82, 2.24) is 4.31 Å². The Labute approximate surface area is 163 Å². The standard InChI is InChI=1S/C19H20ClNO5S/c1-13-11-21(12-14(2)25-13)27(23,24)18-9-3-15(4-10-18)19(22)26-17-7-5-16(20)6-8-17/h3-10,13-14H,11-12H2,1-2H3/t13-,14+. The van der Waals surface area contributed by atoms with Gasteiger partial charge in [0.1, 0.15) is 5.75 Å². The summed E-state index contributed by atoms with van der Waals surface area (Å²) in [6, 6.07) is 12.1. The molecule has 0 N–H and O–H groups in total. The lowest BCUT2D eigenvalue weighted by molar-refractivity contribution is -0.0440. The molecule has 1 fully saturated rings. The number of sulfonamides is 1. The van der Waals surface area contributed by atoms with E-state index in [0.29, 0.717) is 23.9 Å². The molecule has 0 radical (unpaired) electrons. The average molecular weight is 410 g/mol. The summed E-state index contributed by atoms with van der Waals surface area (Å²) in [6.45, 7) is 4.28. The Kier molecular flexibility index (Phi) is 5.86. The van der Waals surface area contributed by atoms with Gasteiger partial charge in [0, 0.05) is 18.1 Å². The summed E-state index contributed by atoms with van der Waals surface area (Å²) in [5.41, 5.74) is 0.257. The van der Waals surface area contributed by atoms with Gasteiger partial charge in [0.25, 0.3) is 0 Å². The number of carbonyl (C=O) groups excluding carboxylic acids is 1. The molecule has 0 amide bonds.